The van der Waals surface area contributed by atoms with Gasteiger partial charge in [-0.1, -0.05) is 12.1 Å². The number of nitrogens with one attached hydrogen (secondary N) is 1. The summed E-state index contributed by atoms with van der Waals surface area (Å²) in [5.41, 5.74) is 1.20. The number of hydrogen-bond donors (Lipinski definition) is 2. The predicted octanol–water partition coefficient (Wildman–Crippen LogP) is 2.58. The Morgan fingerprint density at radius 3 is 2.65 bits per heavy atom. The molecule has 1 heterocycles. The van der Waals surface area contributed by atoms with Crippen LogP contribution in [0.25, 0.3) is 0 Å². The number of thiazole rings is 1. The topological polar surface area (TPSA) is 79.3 Å². The first-order chi connectivity index (χ1) is 9.65. The van der Waals surface area contributed by atoms with E-state index in [2.05, 4.69) is 10.3 Å². The minimum Gasteiger partial charge on any atom is -0.478 e. The second-order valence-electron chi connectivity index (χ2n) is 4.55. The molecule has 1 aromatic carbocycles. The standard InChI is InChI=1S/C14H12N2O3S/c17-12(8-4-1-2-5-9(8)13(18)19)16-14-15-10-6-3-7-11(10)20-14/h1-2,4-5H,3,6-7H2,(H,18,19)(H,15,16,17). The minimum atomic E-state index is -1.11. The average molecular weight is 288 g/mol. The molecule has 0 atom stereocenters. The summed E-state index contributed by atoms with van der Waals surface area (Å²) in [5, 5.41) is 12.3. The number of carboxylic acids is 1. The maximum absolute atomic E-state index is 12.2. The number of benzene rings is 1. The third kappa shape index (κ3) is 2.30. The number of fused-ring (bicyclic) bond motifs is 1. The first-order valence-electron chi connectivity index (χ1n) is 6.27. The van der Waals surface area contributed by atoms with Gasteiger partial charge in [-0.25, -0.2) is 9.78 Å². The van der Waals surface area contributed by atoms with Gasteiger partial charge in [0.15, 0.2) is 5.13 Å². The zero-order valence-corrected chi connectivity index (χ0v) is 11.4. The molecule has 2 N–H and O–H groups in total. The van der Waals surface area contributed by atoms with Gasteiger partial charge in [-0.05, 0) is 31.4 Å². The van der Waals surface area contributed by atoms with Gasteiger partial charge in [0.2, 0.25) is 0 Å². The van der Waals surface area contributed by atoms with Gasteiger partial charge in [-0.3, -0.25) is 10.1 Å². The molecule has 0 fully saturated rings. The summed E-state index contributed by atoms with van der Waals surface area (Å²) in [5.74, 6) is -1.55. The van der Waals surface area contributed by atoms with E-state index in [1.54, 1.807) is 12.1 Å². The summed E-state index contributed by atoms with van der Waals surface area (Å²) in [6, 6.07) is 6.15. The predicted molar refractivity (Wildman–Crippen MR) is 75.5 cm³/mol. The first-order valence-corrected chi connectivity index (χ1v) is 7.09. The summed E-state index contributed by atoms with van der Waals surface area (Å²) < 4.78 is 0. The van der Waals surface area contributed by atoms with Crippen molar-refractivity contribution in [2.75, 3.05) is 5.32 Å². The number of aromatic nitrogens is 1. The second-order valence-corrected chi connectivity index (χ2v) is 5.63. The molecule has 3 rings (SSSR count). The van der Waals surface area contributed by atoms with Crippen LogP contribution in [0.4, 0.5) is 5.13 Å². The van der Waals surface area contributed by atoms with Crippen LogP contribution in [0.5, 0.6) is 0 Å². The third-order valence-corrected chi connectivity index (χ3v) is 4.29. The van der Waals surface area contributed by atoms with E-state index < -0.39 is 11.9 Å². The van der Waals surface area contributed by atoms with Crippen LogP contribution in [-0.4, -0.2) is 22.0 Å². The number of aromatic carboxylic acids is 1. The summed E-state index contributed by atoms with van der Waals surface area (Å²) in [7, 11) is 0. The highest BCUT2D eigenvalue weighted by molar-refractivity contribution is 7.16. The molecular formula is C14H12N2O3S. The van der Waals surface area contributed by atoms with Gasteiger partial charge in [-0.2, -0.15) is 0 Å². The van der Waals surface area contributed by atoms with Crippen LogP contribution >= 0.6 is 11.3 Å². The van der Waals surface area contributed by atoms with Crippen molar-refractivity contribution in [2.24, 2.45) is 0 Å². The van der Waals surface area contributed by atoms with E-state index in [0.29, 0.717) is 5.13 Å². The maximum atomic E-state index is 12.2. The number of carbonyl (C=O) groups excluding carboxylic acids is 1. The Balaban J connectivity index is 1.84. The highest BCUT2D eigenvalue weighted by atomic mass is 32.1. The molecule has 5 nitrogen and oxygen atoms in total. The Labute approximate surface area is 119 Å². The Morgan fingerprint density at radius 2 is 1.95 bits per heavy atom. The molecule has 0 aliphatic heterocycles. The second kappa shape index (κ2) is 5.05. The normalized spacial score (nSPS) is 13.0. The van der Waals surface area contributed by atoms with Gasteiger partial charge in [-0.15, -0.1) is 11.3 Å². The summed E-state index contributed by atoms with van der Waals surface area (Å²) in [6.07, 6.45) is 3.08. The molecule has 2 aromatic rings. The molecule has 0 saturated carbocycles. The van der Waals surface area contributed by atoms with Crippen LogP contribution in [0.2, 0.25) is 0 Å². The highest BCUT2D eigenvalue weighted by Crippen LogP contribution is 2.30. The molecule has 0 unspecified atom stereocenters. The molecule has 0 spiro atoms. The van der Waals surface area contributed by atoms with E-state index in [1.807, 2.05) is 0 Å². The third-order valence-electron chi connectivity index (χ3n) is 3.22. The number of anilines is 1. The number of aryl methyl sites for hydroxylation is 2. The summed E-state index contributed by atoms with van der Waals surface area (Å²) >= 11 is 1.47. The molecule has 1 aromatic heterocycles. The van der Waals surface area contributed by atoms with Crippen LogP contribution in [0, 0.1) is 0 Å². The monoisotopic (exact) mass is 288 g/mol. The van der Waals surface area contributed by atoms with Crippen LogP contribution in [-0.2, 0) is 12.8 Å². The molecule has 0 bridgehead atoms. The largest absolute Gasteiger partial charge is 0.478 e. The smallest absolute Gasteiger partial charge is 0.336 e. The number of carbonyl (C=O) groups is 2. The van der Waals surface area contributed by atoms with Gasteiger partial charge in [0.1, 0.15) is 0 Å². The lowest BCUT2D eigenvalue weighted by Crippen LogP contribution is -2.16. The van der Waals surface area contributed by atoms with Gasteiger partial charge >= 0.3 is 5.97 Å². The molecule has 1 aliphatic carbocycles. The van der Waals surface area contributed by atoms with Crippen molar-refractivity contribution in [3.63, 3.8) is 0 Å². The van der Waals surface area contributed by atoms with Gasteiger partial charge in [0.25, 0.3) is 5.91 Å². The fourth-order valence-electron chi connectivity index (χ4n) is 2.28. The average Bonchev–Trinajstić information content (AvgIpc) is 2.99. The maximum Gasteiger partial charge on any atom is 0.336 e. The lowest BCUT2D eigenvalue weighted by atomic mass is 10.1. The number of rotatable bonds is 3. The quantitative estimate of drug-likeness (QED) is 0.909. The fraction of sp³-hybridized carbons (Fsp3) is 0.214. The van der Waals surface area contributed by atoms with Crippen molar-refractivity contribution in [3.8, 4) is 0 Å². The molecule has 20 heavy (non-hydrogen) atoms. The Morgan fingerprint density at radius 1 is 1.20 bits per heavy atom. The zero-order valence-electron chi connectivity index (χ0n) is 10.5. The van der Waals surface area contributed by atoms with E-state index in [1.165, 1.54) is 28.3 Å². The van der Waals surface area contributed by atoms with Gasteiger partial charge < -0.3 is 5.11 Å². The van der Waals surface area contributed by atoms with Gasteiger partial charge in [0.05, 0.1) is 16.8 Å². The molecule has 1 aliphatic rings. The molecule has 0 saturated heterocycles. The molecule has 6 heteroatoms. The number of carboxylic acid groups (broad SMARTS) is 1. The molecule has 1 amide bonds. The van der Waals surface area contributed by atoms with E-state index in [-0.39, 0.29) is 11.1 Å². The Bertz CT molecular complexity index is 672. The van der Waals surface area contributed by atoms with Crippen molar-refractivity contribution >= 4 is 28.3 Å². The lowest BCUT2D eigenvalue weighted by molar-refractivity contribution is 0.0692. The first kappa shape index (κ1) is 12.8. The van der Waals surface area contributed by atoms with E-state index in [9.17, 15) is 9.59 Å². The van der Waals surface area contributed by atoms with Crippen molar-refractivity contribution in [2.45, 2.75) is 19.3 Å². The number of amides is 1. The zero-order chi connectivity index (χ0) is 14.1. The van der Waals surface area contributed by atoms with Crippen LogP contribution in [0.1, 0.15) is 37.7 Å². The Hall–Kier alpha value is -2.21. The van der Waals surface area contributed by atoms with Crippen molar-refractivity contribution in [3.05, 3.63) is 46.0 Å². The minimum absolute atomic E-state index is 0.00547. The van der Waals surface area contributed by atoms with E-state index in [4.69, 9.17) is 5.11 Å². The SMILES string of the molecule is O=C(O)c1ccccc1C(=O)Nc1nc2c(s1)CCC2. The van der Waals surface area contributed by atoms with Crippen molar-refractivity contribution in [1.29, 1.82) is 0 Å². The lowest BCUT2D eigenvalue weighted by Gasteiger charge is -2.05. The van der Waals surface area contributed by atoms with Crippen LogP contribution in [0.15, 0.2) is 24.3 Å². The number of nitrogens with zero attached hydrogens (tertiary/aromatic N) is 1. The summed E-state index contributed by atoms with van der Waals surface area (Å²) in [6.45, 7) is 0. The van der Waals surface area contributed by atoms with Gasteiger partial charge in [0, 0.05) is 4.88 Å². The van der Waals surface area contributed by atoms with Crippen LogP contribution in [0.3, 0.4) is 0 Å². The van der Waals surface area contributed by atoms with E-state index >= 15 is 0 Å². The Kier molecular flexibility index (Phi) is 3.23. The fourth-order valence-corrected chi connectivity index (χ4v) is 3.32. The molecule has 0 radical (unpaired) electrons. The van der Waals surface area contributed by atoms with Crippen molar-refractivity contribution < 1.29 is 14.7 Å². The highest BCUT2D eigenvalue weighted by Gasteiger charge is 2.20. The summed E-state index contributed by atoms with van der Waals surface area (Å²) in [4.78, 5) is 28.8. The van der Waals surface area contributed by atoms with Crippen molar-refractivity contribution in [1.82, 2.24) is 4.98 Å². The number of hydrogen-bond acceptors (Lipinski definition) is 4. The molecule has 102 valence electrons. The van der Waals surface area contributed by atoms with E-state index in [0.717, 1.165) is 25.0 Å². The van der Waals surface area contributed by atoms with Crippen LogP contribution < -0.4 is 5.32 Å². The molecular weight excluding hydrogens is 276 g/mol.